The molecule has 0 saturated heterocycles. The molecule has 0 aromatic rings. The Labute approximate surface area is 64.3 Å². The van der Waals surface area contributed by atoms with E-state index >= 15 is 0 Å². The van der Waals surface area contributed by atoms with Gasteiger partial charge in [0.2, 0.25) is 0 Å². The predicted octanol–water partition coefficient (Wildman–Crippen LogP) is 1.20. The van der Waals surface area contributed by atoms with Gasteiger partial charge >= 0.3 is 0 Å². The zero-order valence-corrected chi connectivity index (χ0v) is 7.11. The average molecular weight is 162 g/mol. The summed E-state index contributed by atoms with van der Waals surface area (Å²) in [4.78, 5) is 0. The van der Waals surface area contributed by atoms with Crippen LogP contribution in [-0.2, 0) is 37.4 Å². The zero-order chi connectivity index (χ0) is 4.12. The van der Waals surface area contributed by atoms with Gasteiger partial charge in [-0.25, -0.2) is 6.61 Å². The monoisotopic (exact) mass is 162 g/mol. The van der Waals surface area contributed by atoms with E-state index in [1.165, 1.54) is 0 Å². The fourth-order valence-electron chi connectivity index (χ4n) is 0.167. The van der Waals surface area contributed by atoms with Crippen molar-refractivity contribution in [3.8, 4) is 0 Å². The van der Waals surface area contributed by atoms with E-state index in [0.29, 0.717) is 0 Å². The Balaban J connectivity index is 0. The SMILES string of the molecule is C[CH-]OCC.[Y]. The molecule has 0 saturated carbocycles. The molecule has 0 amide bonds. The Bertz CT molecular complexity index is 15.0. The zero-order valence-electron chi connectivity index (χ0n) is 4.27. The molecule has 1 radical (unpaired) electrons. The molecular formula is C4H9OY-. The maximum absolute atomic E-state index is 4.71. The van der Waals surface area contributed by atoms with E-state index in [-0.39, 0.29) is 32.7 Å². The summed E-state index contributed by atoms with van der Waals surface area (Å²) in [6, 6.07) is 0. The summed E-state index contributed by atoms with van der Waals surface area (Å²) in [5, 5.41) is 0. The third kappa shape index (κ3) is 8.91. The minimum Gasteiger partial charge on any atom is -0.552 e. The minimum atomic E-state index is 0. The van der Waals surface area contributed by atoms with Crippen LogP contribution in [0.4, 0.5) is 0 Å². The van der Waals surface area contributed by atoms with Crippen molar-refractivity contribution >= 4 is 0 Å². The molecule has 2 heteroatoms. The molecule has 35 valence electrons. The van der Waals surface area contributed by atoms with Crippen LogP contribution < -0.4 is 0 Å². The van der Waals surface area contributed by atoms with Crippen LogP contribution in [0.3, 0.4) is 0 Å². The van der Waals surface area contributed by atoms with Crippen molar-refractivity contribution in [2.75, 3.05) is 6.61 Å². The van der Waals surface area contributed by atoms with Gasteiger partial charge in [0.1, 0.15) is 0 Å². The number of hydrogen-bond donors (Lipinski definition) is 0. The molecule has 1 nitrogen and oxygen atoms in total. The number of ether oxygens (including phenoxy) is 1. The molecule has 0 heterocycles. The van der Waals surface area contributed by atoms with Crippen molar-refractivity contribution in [2.45, 2.75) is 13.8 Å². The maximum Gasteiger partial charge on any atom is 0.00825 e. The van der Waals surface area contributed by atoms with Crippen LogP contribution in [0, 0.1) is 6.61 Å². The largest absolute Gasteiger partial charge is 0.552 e. The summed E-state index contributed by atoms with van der Waals surface area (Å²) >= 11 is 0. The Morgan fingerprint density at radius 1 is 1.67 bits per heavy atom. The summed E-state index contributed by atoms with van der Waals surface area (Å²) in [5.41, 5.74) is 0. The second-order valence-electron chi connectivity index (χ2n) is 0.691. The van der Waals surface area contributed by atoms with E-state index in [4.69, 9.17) is 4.74 Å². The van der Waals surface area contributed by atoms with Gasteiger partial charge < -0.3 is 4.74 Å². The van der Waals surface area contributed by atoms with Crippen molar-refractivity contribution < 1.29 is 37.4 Å². The summed E-state index contributed by atoms with van der Waals surface area (Å²) in [6.45, 7) is 6.29. The summed E-state index contributed by atoms with van der Waals surface area (Å²) < 4.78 is 4.71. The summed E-state index contributed by atoms with van der Waals surface area (Å²) in [7, 11) is 0. The van der Waals surface area contributed by atoms with Crippen LogP contribution in [0.5, 0.6) is 0 Å². The van der Waals surface area contributed by atoms with Gasteiger partial charge in [0.05, 0.1) is 0 Å². The molecule has 0 rings (SSSR count). The summed E-state index contributed by atoms with van der Waals surface area (Å²) in [6.07, 6.45) is 0. The van der Waals surface area contributed by atoms with Crippen molar-refractivity contribution in [3.63, 3.8) is 0 Å². The predicted molar refractivity (Wildman–Crippen MR) is 21.6 cm³/mol. The normalized spacial score (nSPS) is 7.00. The van der Waals surface area contributed by atoms with Gasteiger partial charge in [-0.3, -0.25) is 0 Å². The first kappa shape index (κ1) is 10.1. The van der Waals surface area contributed by atoms with E-state index in [1.807, 2.05) is 13.8 Å². The third-order valence-electron chi connectivity index (χ3n) is 0.333. The molecule has 6 heavy (non-hydrogen) atoms. The Morgan fingerprint density at radius 3 is 2.17 bits per heavy atom. The molecule has 0 N–H and O–H groups in total. The summed E-state index contributed by atoms with van der Waals surface area (Å²) in [5.74, 6) is 0. The number of hydrogen-bond acceptors (Lipinski definition) is 1. The molecule has 0 aromatic heterocycles. The first-order valence-electron chi connectivity index (χ1n) is 1.81. The van der Waals surface area contributed by atoms with Crippen molar-refractivity contribution in [2.24, 2.45) is 0 Å². The number of rotatable bonds is 2. The molecule has 0 aliphatic carbocycles. The van der Waals surface area contributed by atoms with Crippen molar-refractivity contribution in [1.29, 1.82) is 0 Å². The van der Waals surface area contributed by atoms with Crippen LogP contribution in [0.15, 0.2) is 0 Å². The molecule has 0 aromatic carbocycles. The van der Waals surface area contributed by atoms with E-state index < -0.39 is 0 Å². The van der Waals surface area contributed by atoms with Gasteiger partial charge in [-0.1, -0.05) is 0 Å². The van der Waals surface area contributed by atoms with E-state index in [2.05, 4.69) is 0 Å². The first-order chi connectivity index (χ1) is 2.41. The van der Waals surface area contributed by atoms with Crippen LogP contribution >= 0.6 is 0 Å². The standard InChI is InChI=1S/C4H9O.Y/c1-3-5-4-2;/h3H,4H2,1-2H3;/q-1;. The molecular weight excluding hydrogens is 153 g/mol. The van der Waals surface area contributed by atoms with Gasteiger partial charge in [0.25, 0.3) is 0 Å². The Morgan fingerprint density at radius 2 is 2.17 bits per heavy atom. The smallest absolute Gasteiger partial charge is 0.00825 e. The fourth-order valence-corrected chi connectivity index (χ4v) is 0.167. The minimum absolute atomic E-state index is 0. The molecule has 0 aliphatic heterocycles. The second kappa shape index (κ2) is 9.42. The molecule has 0 spiro atoms. The molecule has 0 unspecified atom stereocenters. The Hall–Kier alpha value is 1.06. The van der Waals surface area contributed by atoms with Gasteiger partial charge in [-0.05, 0) is 6.92 Å². The fraction of sp³-hybridized carbons (Fsp3) is 0.750. The third-order valence-corrected chi connectivity index (χ3v) is 0.333. The molecule has 0 aliphatic rings. The van der Waals surface area contributed by atoms with Crippen LogP contribution in [-0.4, -0.2) is 6.61 Å². The van der Waals surface area contributed by atoms with Gasteiger partial charge in [-0.2, -0.15) is 6.92 Å². The molecule has 0 fully saturated rings. The molecule has 0 bridgehead atoms. The quantitative estimate of drug-likeness (QED) is 0.554. The van der Waals surface area contributed by atoms with Gasteiger partial charge in [-0.15, -0.1) is 0 Å². The topological polar surface area (TPSA) is 9.23 Å². The van der Waals surface area contributed by atoms with Gasteiger partial charge in [0, 0.05) is 39.3 Å². The van der Waals surface area contributed by atoms with Gasteiger partial charge in [0.15, 0.2) is 0 Å². The van der Waals surface area contributed by atoms with Crippen molar-refractivity contribution in [1.82, 2.24) is 0 Å². The van der Waals surface area contributed by atoms with E-state index in [9.17, 15) is 0 Å². The van der Waals surface area contributed by atoms with E-state index in [0.717, 1.165) is 6.61 Å². The van der Waals surface area contributed by atoms with Crippen molar-refractivity contribution in [3.05, 3.63) is 6.61 Å². The van der Waals surface area contributed by atoms with Crippen LogP contribution in [0.25, 0.3) is 0 Å². The Kier molecular flexibility index (Phi) is 15.9. The van der Waals surface area contributed by atoms with Crippen LogP contribution in [0.2, 0.25) is 0 Å². The first-order valence-corrected chi connectivity index (χ1v) is 1.81. The van der Waals surface area contributed by atoms with E-state index in [1.54, 1.807) is 6.61 Å². The molecule has 0 atom stereocenters. The van der Waals surface area contributed by atoms with Crippen LogP contribution in [0.1, 0.15) is 13.8 Å². The maximum atomic E-state index is 4.71. The average Bonchev–Trinajstić information content (AvgIpc) is 1.41. The second-order valence-corrected chi connectivity index (χ2v) is 0.691.